The topological polar surface area (TPSA) is 0 Å². The minimum absolute atomic E-state index is 0.524. The van der Waals surface area contributed by atoms with Crippen LogP contribution in [0.1, 0.15) is 53.1 Å². The molecule has 0 spiro atoms. The maximum absolute atomic E-state index is 2.35. The number of rotatable bonds is 5. The zero-order valence-electron chi connectivity index (χ0n) is 16.0. The van der Waals surface area contributed by atoms with Crippen molar-refractivity contribution in [2.75, 3.05) is 0 Å². The van der Waals surface area contributed by atoms with E-state index >= 15 is 0 Å². The quantitative estimate of drug-likeness (QED) is 0.686. The summed E-state index contributed by atoms with van der Waals surface area (Å²) in [5.41, 5.74) is 11.6. The molecule has 0 N–H and O–H groups in total. The minimum Gasteiger partial charge on any atom is -0.0684 e. The Morgan fingerprint density at radius 3 is 1.30 bits per heavy atom. The lowest BCUT2D eigenvalue weighted by Crippen LogP contribution is -2.47. The van der Waals surface area contributed by atoms with Gasteiger partial charge < -0.3 is 0 Å². The van der Waals surface area contributed by atoms with Crippen LogP contribution in [0.3, 0.4) is 0 Å². The molecule has 0 saturated carbocycles. The molecule has 23 heavy (non-hydrogen) atoms. The molecule has 0 nitrogen and oxygen atoms in total. The molecular formula is C22H31B. The predicted molar refractivity (Wildman–Crippen MR) is 106 cm³/mol. The molecule has 0 heterocycles. The van der Waals surface area contributed by atoms with E-state index < -0.39 is 0 Å². The highest BCUT2D eigenvalue weighted by molar-refractivity contribution is 6.86. The van der Waals surface area contributed by atoms with Crippen molar-refractivity contribution in [1.82, 2.24) is 0 Å². The van der Waals surface area contributed by atoms with Crippen LogP contribution in [0.15, 0.2) is 24.3 Å². The number of benzene rings is 2. The molecule has 0 bridgehead atoms. The van der Waals surface area contributed by atoms with Gasteiger partial charge in [-0.15, -0.1) is 0 Å². The molecule has 0 aliphatic rings. The second-order valence-corrected chi connectivity index (χ2v) is 7.32. The first-order chi connectivity index (χ1) is 10.8. The van der Waals surface area contributed by atoms with Gasteiger partial charge in [0.15, 0.2) is 0 Å². The summed E-state index contributed by atoms with van der Waals surface area (Å²) in [5, 5.41) is 0. The van der Waals surface area contributed by atoms with E-state index in [1.54, 1.807) is 10.9 Å². The van der Waals surface area contributed by atoms with E-state index in [4.69, 9.17) is 0 Å². The first-order valence-corrected chi connectivity index (χ1v) is 9.00. The third-order valence-electron chi connectivity index (χ3n) is 5.02. The Morgan fingerprint density at radius 2 is 1.00 bits per heavy atom. The molecule has 122 valence electrons. The SMILES string of the molecule is CCCCB(c1c(C)cc(C)cc1C)c1c(C)cc(C)cc1C. The number of hydrogen-bond acceptors (Lipinski definition) is 0. The van der Waals surface area contributed by atoms with Gasteiger partial charge in [-0.2, -0.15) is 0 Å². The van der Waals surface area contributed by atoms with Crippen molar-refractivity contribution < 1.29 is 0 Å². The highest BCUT2D eigenvalue weighted by atomic mass is 14.1. The summed E-state index contributed by atoms with van der Waals surface area (Å²) in [6, 6.07) is 9.39. The van der Waals surface area contributed by atoms with Crippen LogP contribution in [0.25, 0.3) is 0 Å². The number of hydrogen-bond donors (Lipinski definition) is 0. The molecule has 2 aromatic carbocycles. The summed E-state index contributed by atoms with van der Waals surface area (Å²) >= 11 is 0. The van der Waals surface area contributed by atoms with E-state index in [1.807, 2.05) is 0 Å². The van der Waals surface area contributed by atoms with Gasteiger partial charge in [0, 0.05) is 0 Å². The Balaban J connectivity index is 2.64. The molecule has 0 atom stereocenters. The van der Waals surface area contributed by atoms with Gasteiger partial charge in [0.2, 0.25) is 6.71 Å². The molecule has 0 fully saturated rings. The van der Waals surface area contributed by atoms with Gasteiger partial charge in [0.25, 0.3) is 0 Å². The Labute approximate surface area is 143 Å². The molecule has 0 amide bonds. The fraction of sp³-hybridized carbons (Fsp3) is 0.455. The Kier molecular flexibility index (Phi) is 5.73. The fourth-order valence-corrected chi connectivity index (χ4v) is 4.32. The van der Waals surface area contributed by atoms with Crippen molar-refractivity contribution in [1.29, 1.82) is 0 Å². The van der Waals surface area contributed by atoms with Gasteiger partial charge in [-0.05, 0) is 41.5 Å². The monoisotopic (exact) mass is 306 g/mol. The number of aryl methyl sites for hydroxylation is 6. The molecule has 2 aromatic rings. The van der Waals surface area contributed by atoms with E-state index in [-0.39, 0.29) is 0 Å². The van der Waals surface area contributed by atoms with Gasteiger partial charge in [-0.3, -0.25) is 0 Å². The molecule has 0 saturated heterocycles. The van der Waals surface area contributed by atoms with Crippen LogP contribution in [-0.4, -0.2) is 6.71 Å². The van der Waals surface area contributed by atoms with Crippen LogP contribution < -0.4 is 10.9 Å². The van der Waals surface area contributed by atoms with Crippen molar-refractivity contribution in [3.63, 3.8) is 0 Å². The largest absolute Gasteiger partial charge is 0.210 e. The summed E-state index contributed by atoms with van der Waals surface area (Å²) < 4.78 is 0. The van der Waals surface area contributed by atoms with Crippen LogP contribution in [0.4, 0.5) is 0 Å². The van der Waals surface area contributed by atoms with Gasteiger partial charge >= 0.3 is 0 Å². The lowest BCUT2D eigenvalue weighted by Gasteiger charge is -2.24. The van der Waals surface area contributed by atoms with Gasteiger partial charge in [0.05, 0.1) is 0 Å². The molecule has 0 radical (unpaired) electrons. The molecule has 1 heteroatoms. The van der Waals surface area contributed by atoms with E-state index in [1.165, 1.54) is 52.5 Å². The predicted octanol–water partition coefficient (Wildman–Crippen LogP) is 4.95. The highest BCUT2D eigenvalue weighted by Gasteiger charge is 2.25. The summed E-state index contributed by atoms with van der Waals surface area (Å²) in [6.07, 6.45) is 3.78. The van der Waals surface area contributed by atoms with Crippen molar-refractivity contribution >= 4 is 17.6 Å². The van der Waals surface area contributed by atoms with Gasteiger partial charge in [-0.25, -0.2) is 0 Å². The third kappa shape index (κ3) is 3.89. The average molecular weight is 306 g/mol. The normalized spacial score (nSPS) is 10.9. The summed E-state index contributed by atoms with van der Waals surface area (Å²) in [4.78, 5) is 0. The van der Waals surface area contributed by atoms with E-state index in [2.05, 4.69) is 72.7 Å². The van der Waals surface area contributed by atoms with Gasteiger partial charge in [-0.1, -0.05) is 94.7 Å². The lowest BCUT2D eigenvalue weighted by molar-refractivity contribution is 0.877. The van der Waals surface area contributed by atoms with Crippen LogP contribution in [0, 0.1) is 41.5 Å². The van der Waals surface area contributed by atoms with Crippen LogP contribution in [0.5, 0.6) is 0 Å². The molecule has 0 aromatic heterocycles. The summed E-state index contributed by atoms with van der Waals surface area (Å²) in [6.45, 7) is 16.4. The van der Waals surface area contributed by atoms with Crippen molar-refractivity contribution in [2.45, 2.75) is 67.6 Å². The second kappa shape index (κ2) is 7.38. The Morgan fingerprint density at radius 1 is 0.652 bits per heavy atom. The molecule has 0 aliphatic carbocycles. The summed E-state index contributed by atoms with van der Waals surface area (Å²) in [5.74, 6) is 0. The standard InChI is InChI=1S/C22H31B/c1-8-9-10-23(21-17(4)11-15(2)12-18(21)5)22-19(6)13-16(3)14-20(22)7/h11-14H,8-10H2,1-7H3. The fourth-order valence-electron chi connectivity index (χ4n) is 4.32. The van der Waals surface area contributed by atoms with Crippen molar-refractivity contribution in [3.05, 3.63) is 57.6 Å². The zero-order valence-corrected chi connectivity index (χ0v) is 16.0. The van der Waals surface area contributed by atoms with Gasteiger partial charge in [0.1, 0.15) is 0 Å². The van der Waals surface area contributed by atoms with E-state index in [0.29, 0.717) is 6.71 Å². The van der Waals surface area contributed by atoms with E-state index in [0.717, 1.165) is 0 Å². The van der Waals surface area contributed by atoms with Crippen LogP contribution in [-0.2, 0) is 0 Å². The second-order valence-electron chi connectivity index (χ2n) is 7.32. The maximum Gasteiger partial charge on any atom is 0.210 e. The maximum atomic E-state index is 2.35. The molecule has 2 rings (SSSR count). The van der Waals surface area contributed by atoms with Crippen molar-refractivity contribution in [3.8, 4) is 0 Å². The number of unbranched alkanes of at least 4 members (excludes halogenated alkanes) is 1. The minimum atomic E-state index is 0.524. The first kappa shape index (κ1) is 17.9. The zero-order chi connectivity index (χ0) is 17.1. The summed E-state index contributed by atoms with van der Waals surface area (Å²) in [7, 11) is 0. The molecular weight excluding hydrogens is 275 g/mol. The first-order valence-electron chi connectivity index (χ1n) is 9.00. The van der Waals surface area contributed by atoms with Crippen LogP contribution >= 0.6 is 0 Å². The third-order valence-corrected chi connectivity index (χ3v) is 5.02. The highest BCUT2D eigenvalue weighted by Crippen LogP contribution is 2.15. The smallest absolute Gasteiger partial charge is 0.0684 e. The Hall–Kier alpha value is -1.50. The molecule has 0 aliphatic heterocycles. The van der Waals surface area contributed by atoms with Crippen molar-refractivity contribution in [2.24, 2.45) is 0 Å². The average Bonchev–Trinajstić information content (AvgIpc) is 2.41. The van der Waals surface area contributed by atoms with Crippen LogP contribution in [0.2, 0.25) is 6.32 Å². The lowest BCUT2D eigenvalue weighted by atomic mass is 9.35. The molecule has 0 unspecified atom stereocenters. The Bertz CT molecular complexity index is 594. The van der Waals surface area contributed by atoms with E-state index in [9.17, 15) is 0 Å².